The average Bonchev–Trinajstić information content (AvgIpc) is 3.05. The summed E-state index contributed by atoms with van der Waals surface area (Å²) in [5.41, 5.74) is 2.94. The number of nitrogens with one attached hydrogen (secondary N) is 1. The number of nitrogens with zero attached hydrogens (tertiary/aromatic N) is 2. The van der Waals surface area contributed by atoms with Crippen molar-refractivity contribution in [2.75, 3.05) is 13.7 Å². The first-order chi connectivity index (χ1) is 15.3. The fourth-order valence-electron chi connectivity index (χ4n) is 3.35. The highest BCUT2D eigenvalue weighted by Gasteiger charge is 2.22. The quantitative estimate of drug-likeness (QED) is 0.467. The Kier molecular flexibility index (Phi) is 7.80. The lowest BCUT2D eigenvalue weighted by atomic mass is 10.1. The number of benzene rings is 2. The summed E-state index contributed by atoms with van der Waals surface area (Å²) in [7, 11) is 1.61. The molecule has 0 aliphatic carbocycles. The molecule has 2 aromatic carbocycles. The van der Waals surface area contributed by atoms with Gasteiger partial charge in [-0.05, 0) is 43.0 Å². The Balaban J connectivity index is 1.74. The molecule has 0 saturated heterocycles. The van der Waals surface area contributed by atoms with Crippen LogP contribution in [-0.4, -0.2) is 29.4 Å². The van der Waals surface area contributed by atoms with Crippen LogP contribution in [0.2, 0.25) is 5.15 Å². The summed E-state index contributed by atoms with van der Waals surface area (Å²) in [5.74, 6) is 1.46. The average molecular weight is 456 g/mol. The van der Waals surface area contributed by atoms with Gasteiger partial charge in [-0.3, -0.25) is 4.79 Å². The molecule has 6 nitrogen and oxygen atoms in total. The summed E-state index contributed by atoms with van der Waals surface area (Å²) in [4.78, 5) is 13.0. The number of aromatic nitrogens is 2. The second-order valence-electron chi connectivity index (χ2n) is 8.20. The minimum atomic E-state index is -0.265. The lowest BCUT2D eigenvalue weighted by Gasteiger charge is -2.18. The molecule has 1 heterocycles. The Morgan fingerprint density at radius 1 is 1.12 bits per heavy atom. The van der Waals surface area contributed by atoms with Crippen LogP contribution in [0.4, 0.5) is 0 Å². The lowest BCUT2D eigenvalue weighted by Crippen LogP contribution is -2.27. The van der Waals surface area contributed by atoms with Crippen LogP contribution in [0.3, 0.4) is 0 Å². The molecule has 0 fully saturated rings. The number of hydrogen-bond acceptors (Lipinski definition) is 4. The van der Waals surface area contributed by atoms with E-state index >= 15 is 0 Å². The van der Waals surface area contributed by atoms with Gasteiger partial charge in [0.2, 0.25) is 0 Å². The molecule has 1 amide bonds. The number of carbonyl (C=O) groups excluding carboxylic acids is 1. The van der Waals surface area contributed by atoms with Crippen LogP contribution in [0.15, 0.2) is 48.5 Å². The molecule has 0 aliphatic heterocycles. The van der Waals surface area contributed by atoms with Crippen molar-refractivity contribution in [1.29, 1.82) is 0 Å². The molecule has 3 rings (SSSR count). The zero-order valence-electron chi connectivity index (χ0n) is 19.2. The SMILES string of the molecule is COc1cc(C(C)NC(=O)c2c(C)nn(Cc3ccccc3)c2Cl)ccc1OCC(C)C. The third kappa shape index (κ3) is 5.62. The van der Waals surface area contributed by atoms with Crippen LogP contribution in [0, 0.1) is 12.8 Å². The van der Waals surface area contributed by atoms with E-state index in [9.17, 15) is 4.79 Å². The van der Waals surface area contributed by atoms with Crippen molar-refractivity contribution in [2.24, 2.45) is 5.92 Å². The molecule has 0 saturated carbocycles. The standard InChI is InChI=1S/C25H30ClN3O3/c1-16(2)15-32-21-12-11-20(13-22(21)31-5)17(3)27-25(30)23-18(4)28-29(24(23)26)14-19-9-7-6-8-10-19/h6-13,16-17H,14-15H2,1-5H3,(H,27,30). The summed E-state index contributed by atoms with van der Waals surface area (Å²) in [6.45, 7) is 8.99. The number of hydrogen-bond donors (Lipinski definition) is 1. The summed E-state index contributed by atoms with van der Waals surface area (Å²) in [5, 5.41) is 7.81. The number of methoxy groups -OCH3 is 1. The van der Waals surface area contributed by atoms with Gasteiger partial charge in [0.15, 0.2) is 11.5 Å². The second kappa shape index (κ2) is 10.6. The molecule has 0 bridgehead atoms. The molecule has 170 valence electrons. The van der Waals surface area contributed by atoms with E-state index in [-0.39, 0.29) is 11.9 Å². The van der Waals surface area contributed by atoms with E-state index in [1.165, 1.54) is 0 Å². The summed E-state index contributed by atoms with van der Waals surface area (Å²) >= 11 is 6.54. The van der Waals surface area contributed by atoms with E-state index in [2.05, 4.69) is 24.3 Å². The van der Waals surface area contributed by atoms with Gasteiger partial charge in [-0.2, -0.15) is 5.10 Å². The molecular formula is C25H30ClN3O3. The van der Waals surface area contributed by atoms with E-state index < -0.39 is 0 Å². The van der Waals surface area contributed by atoms with Crippen LogP contribution in [0.1, 0.15) is 54.0 Å². The zero-order chi connectivity index (χ0) is 23.3. The highest BCUT2D eigenvalue weighted by Crippen LogP contribution is 2.31. The Morgan fingerprint density at radius 2 is 1.84 bits per heavy atom. The van der Waals surface area contributed by atoms with E-state index in [0.29, 0.717) is 47.0 Å². The smallest absolute Gasteiger partial charge is 0.256 e. The first-order valence-electron chi connectivity index (χ1n) is 10.7. The van der Waals surface area contributed by atoms with Gasteiger partial charge in [0.05, 0.1) is 37.6 Å². The Labute approximate surface area is 194 Å². The summed E-state index contributed by atoms with van der Waals surface area (Å²) in [6, 6.07) is 15.3. The molecule has 1 N–H and O–H groups in total. The number of ether oxygens (including phenoxy) is 2. The van der Waals surface area contributed by atoms with Crippen molar-refractivity contribution in [1.82, 2.24) is 15.1 Å². The maximum absolute atomic E-state index is 13.0. The van der Waals surface area contributed by atoms with Gasteiger partial charge in [-0.1, -0.05) is 61.8 Å². The summed E-state index contributed by atoms with van der Waals surface area (Å²) in [6.07, 6.45) is 0. The van der Waals surface area contributed by atoms with Crippen molar-refractivity contribution in [3.8, 4) is 11.5 Å². The van der Waals surface area contributed by atoms with Gasteiger partial charge >= 0.3 is 0 Å². The van der Waals surface area contributed by atoms with Crippen LogP contribution in [0.25, 0.3) is 0 Å². The summed E-state index contributed by atoms with van der Waals surface area (Å²) < 4.78 is 12.9. The van der Waals surface area contributed by atoms with E-state index in [1.807, 2.05) is 55.5 Å². The number of amides is 1. The predicted octanol–water partition coefficient (Wildman–Crippen LogP) is 5.43. The number of rotatable bonds is 9. The Bertz CT molecular complexity index is 1060. The maximum atomic E-state index is 13.0. The minimum Gasteiger partial charge on any atom is -0.493 e. The normalized spacial score (nSPS) is 12.0. The van der Waals surface area contributed by atoms with Crippen LogP contribution < -0.4 is 14.8 Å². The van der Waals surface area contributed by atoms with Crippen LogP contribution in [-0.2, 0) is 6.54 Å². The van der Waals surface area contributed by atoms with Crippen LogP contribution >= 0.6 is 11.6 Å². The molecule has 3 aromatic rings. The number of halogens is 1. The highest BCUT2D eigenvalue weighted by molar-refractivity contribution is 6.33. The molecule has 7 heteroatoms. The lowest BCUT2D eigenvalue weighted by molar-refractivity contribution is 0.0939. The molecule has 0 radical (unpaired) electrons. The fourth-order valence-corrected chi connectivity index (χ4v) is 3.67. The maximum Gasteiger partial charge on any atom is 0.256 e. The third-order valence-corrected chi connectivity index (χ3v) is 5.46. The third-order valence-electron chi connectivity index (χ3n) is 5.08. The molecule has 0 spiro atoms. The molecule has 1 unspecified atom stereocenters. The number of carbonyl (C=O) groups is 1. The van der Waals surface area contributed by atoms with Gasteiger partial charge in [0.1, 0.15) is 5.15 Å². The topological polar surface area (TPSA) is 65.4 Å². The first kappa shape index (κ1) is 23.7. The monoisotopic (exact) mass is 455 g/mol. The van der Waals surface area contributed by atoms with E-state index in [4.69, 9.17) is 21.1 Å². The highest BCUT2D eigenvalue weighted by atomic mass is 35.5. The van der Waals surface area contributed by atoms with Gasteiger partial charge in [0.25, 0.3) is 5.91 Å². The molecular weight excluding hydrogens is 426 g/mol. The van der Waals surface area contributed by atoms with E-state index in [0.717, 1.165) is 11.1 Å². The van der Waals surface area contributed by atoms with Crippen molar-refractivity contribution in [3.63, 3.8) is 0 Å². The zero-order valence-corrected chi connectivity index (χ0v) is 19.9. The first-order valence-corrected chi connectivity index (χ1v) is 11.1. The van der Waals surface area contributed by atoms with Gasteiger partial charge in [-0.25, -0.2) is 4.68 Å². The van der Waals surface area contributed by atoms with E-state index in [1.54, 1.807) is 18.7 Å². The number of aryl methyl sites for hydroxylation is 1. The van der Waals surface area contributed by atoms with Crippen LogP contribution in [0.5, 0.6) is 11.5 Å². The van der Waals surface area contributed by atoms with Gasteiger partial charge in [-0.15, -0.1) is 0 Å². The van der Waals surface area contributed by atoms with Gasteiger partial charge < -0.3 is 14.8 Å². The Morgan fingerprint density at radius 3 is 2.50 bits per heavy atom. The predicted molar refractivity (Wildman–Crippen MR) is 127 cm³/mol. The molecule has 1 atom stereocenters. The van der Waals surface area contributed by atoms with Crippen molar-refractivity contribution < 1.29 is 14.3 Å². The van der Waals surface area contributed by atoms with Crippen molar-refractivity contribution in [3.05, 3.63) is 76.1 Å². The molecule has 1 aromatic heterocycles. The Hall–Kier alpha value is -2.99. The fraction of sp³-hybridized carbons (Fsp3) is 0.360. The largest absolute Gasteiger partial charge is 0.493 e. The van der Waals surface area contributed by atoms with Gasteiger partial charge in [0, 0.05) is 0 Å². The second-order valence-corrected chi connectivity index (χ2v) is 8.56. The van der Waals surface area contributed by atoms with Crippen molar-refractivity contribution >= 4 is 17.5 Å². The minimum absolute atomic E-state index is 0.261. The molecule has 0 aliphatic rings. The van der Waals surface area contributed by atoms with Crippen molar-refractivity contribution in [2.45, 2.75) is 40.3 Å². The molecule has 32 heavy (non-hydrogen) atoms.